The van der Waals surface area contributed by atoms with Gasteiger partial charge in [-0.2, -0.15) is 0 Å². The van der Waals surface area contributed by atoms with Gasteiger partial charge in [0.15, 0.2) is 5.69 Å². The van der Waals surface area contributed by atoms with Crippen molar-refractivity contribution in [3.8, 4) is 16.9 Å². The summed E-state index contributed by atoms with van der Waals surface area (Å²) in [5.41, 5.74) is 6.98. The van der Waals surface area contributed by atoms with Crippen LogP contribution in [-0.4, -0.2) is 13.4 Å². The summed E-state index contributed by atoms with van der Waals surface area (Å²) in [4.78, 5) is 1.32. The smallest absolute Gasteiger partial charge is 0.268 e. The third-order valence-electron chi connectivity index (χ3n) is 4.42. The van der Waals surface area contributed by atoms with Gasteiger partial charge in [-0.25, -0.2) is 0 Å². The summed E-state index contributed by atoms with van der Waals surface area (Å²) >= 11 is 3.68. The van der Waals surface area contributed by atoms with Crippen LogP contribution in [0.15, 0.2) is 34.7 Å². The Morgan fingerprint density at radius 3 is 2.82 bits per heavy atom. The second-order valence-corrected chi connectivity index (χ2v) is 7.30. The molecule has 0 aliphatic heterocycles. The van der Waals surface area contributed by atoms with Crippen LogP contribution in [0.3, 0.4) is 0 Å². The highest BCUT2D eigenvalue weighted by atomic mass is 32.2. The van der Waals surface area contributed by atoms with Gasteiger partial charge in [-0.15, -0.1) is 4.40 Å². The topological polar surface area (TPSA) is 13.3 Å². The van der Waals surface area contributed by atoms with Crippen molar-refractivity contribution in [1.82, 2.24) is 0 Å². The van der Waals surface area contributed by atoms with Gasteiger partial charge in [0.05, 0.1) is 12.5 Å². The number of nitrogens with zero attached hydrogens (tertiary/aromatic N) is 1. The van der Waals surface area contributed by atoms with Gasteiger partial charge in [-0.3, -0.25) is 0 Å². The maximum absolute atomic E-state index is 5.38. The minimum Gasteiger partial charge on any atom is -0.497 e. The Labute approximate surface area is 138 Å². The summed E-state index contributed by atoms with van der Waals surface area (Å²) in [5, 5.41) is 3.64. The fourth-order valence-electron chi connectivity index (χ4n) is 3.37. The first kappa shape index (κ1) is 14.1. The Morgan fingerprint density at radius 2 is 2.05 bits per heavy atom. The Kier molecular flexibility index (Phi) is 3.39. The number of methoxy groups -OCH3 is 1. The first-order valence-electron chi connectivity index (χ1n) is 7.40. The van der Waals surface area contributed by atoms with Crippen molar-refractivity contribution in [2.45, 2.75) is 24.8 Å². The van der Waals surface area contributed by atoms with E-state index in [1.54, 1.807) is 7.11 Å². The molecule has 112 valence electrons. The van der Waals surface area contributed by atoms with Gasteiger partial charge in [-0.05, 0) is 47.9 Å². The monoisotopic (exact) mass is 328 g/mol. The molecule has 0 amide bonds. The molecule has 2 heterocycles. The molecule has 1 aromatic carbocycles. The highest BCUT2D eigenvalue weighted by molar-refractivity contribution is 7.98. The predicted molar refractivity (Wildman–Crippen MR) is 93.4 cm³/mol. The molecule has 0 bridgehead atoms. The molecule has 1 aliphatic rings. The van der Waals surface area contributed by atoms with Crippen molar-refractivity contribution < 1.29 is 9.14 Å². The van der Waals surface area contributed by atoms with Crippen LogP contribution in [0.2, 0.25) is 0 Å². The van der Waals surface area contributed by atoms with Crippen molar-refractivity contribution in [1.29, 1.82) is 0 Å². The van der Waals surface area contributed by atoms with Gasteiger partial charge in [0, 0.05) is 18.6 Å². The third kappa shape index (κ3) is 1.97. The standard InChI is InChI=1S/C18H18NOS2/c1-11-10-22-17-9-16-14-7-5-13(20-2)8-12(14)4-6-15(16)18(21-3)19(11)17/h5,7-10H,4,6H2,1-3H3/q+1. The zero-order valence-electron chi connectivity index (χ0n) is 13.0. The zero-order chi connectivity index (χ0) is 15.3. The van der Waals surface area contributed by atoms with Gasteiger partial charge >= 0.3 is 0 Å². The van der Waals surface area contributed by atoms with Crippen LogP contribution in [0.5, 0.6) is 5.75 Å². The summed E-state index contributed by atoms with van der Waals surface area (Å²) in [5.74, 6) is 0.953. The normalized spacial score (nSPS) is 13.0. The van der Waals surface area contributed by atoms with Crippen LogP contribution in [0.4, 0.5) is 0 Å². The molecule has 22 heavy (non-hydrogen) atoms. The second kappa shape index (κ2) is 5.28. The van der Waals surface area contributed by atoms with Crippen LogP contribution in [0.25, 0.3) is 16.0 Å². The summed E-state index contributed by atoms with van der Waals surface area (Å²) in [6.45, 7) is 2.19. The fourth-order valence-corrected chi connectivity index (χ4v) is 5.23. The molecule has 1 aliphatic carbocycles. The molecule has 4 heteroatoms. The molecular formula is C18H18NOS2+. The highest BCUT2D eigenvalue weighted by Crippen LogP contribution is 2.39. The van der Waals surface area contributed by atoms with Crippen molar-refractivity contribution in [2.24, 2.45) is 0 Å². The van der Waals surface area contributed by atoms with Crippen molar-refractivity contribution >= 4 is 27.9 Å². The van der Waals surface area contributed by atoms with E-state index in [0.29, 0.717) is 0 Å². The quantitative estimate of drug-likeness (QED) is 0.514. The lowest BCUT2D eigenvalue weighted by molar-refractivity contribution is -0.558. The minimum absolute atomic E-state index is 0.953. The van der Waals surface area contributed by atoms with Gasteiger partial charge in [0.1, 0.15) is 5.75 Å². The number of rotatable bonds is 2. The van der Waals surface area contributed by atoms with E-state index in [1.807, 2.05) is 23.1 Å². The SMILES string of the molecule is COc1ccc2c(c1)CCc1c-2cc2scc(C)[n+]2c1SC. The highest BCUT2D eigenvalue weighted by Gasteiger charge is 2.27. The molecule has 2 aromatic heterocycles. The average Bonchev–Trinajstić information content (AvgIpc) is 2.93. The molecule has 0 saturated heterocycles. The lowest BCUT2D eigenvalue weighted by atomic mass is 9.86. The van der Waals surface area contributed by atoms with Crippen LogP contribution >= 0.6 is 23.1 Å². The maximum Gasteiger partial charge on any atom is 0.268 e. The lowest BCUT2D eigenvalue weighted by Gasteiger charge is -2.20. The number of fused-ring (bicyclic) bond motifs is 4. The van der Waals surface area contributed by atoms with Crippen LogP contribution < -0.4 is 9.14 Å². The second-order valence-electron chi connectivity index (χ2n) is 5.62. The predicted octanol–water partition coefficient (Wildman–Crippen LogP) is 4.29. The number of benzene rings is 1. The Balaban J connectivity index is 2.03. The summed E-state index contributed by atoms with van der Waals surface area (Å²) < 4.78 is 7.79. The van der Waals surface area contributed by atoms with Gasteiger partial charge < -0.3 is 4.74 Å². The van der Waals surface area contributed by atoms with Crippen LogP contribution in [0, 0.1) is 6.92 Å². The maximum atomic E-state index is 5.38. The Bertz CT molecular complexity index is 882. The molecular weight excluding hydrogens is 310 g/mol. The molecule has 3 aromatic rings. The van der Waals surface area contributed by atoms with Crippen LogP contribution in [0.1, 0.15) is 16.8 Å². The first-order chi connectivity index (χ1) is 10.7. The molecule has 0 fully saturated rings. The molecule has 2 nitrogen and oxygen atoms in total. The molecule has 0 spiro atoms. The lowest BCUT2D eigenvalue weighted by Crippen LogP contribution is -2.28. The molecule has 0 N–H and O–H groups in total. The third-order valence-corrected chi connectivity index (χ3v) is 6.23. The Hall–Kier alpha value is -1.52. The number of thioether (sulfide) groups is 1. The zero-order valence-corrected chi connectivity index (χ0v) is 14.6. The minimum atomic E-state index is 0.953. The number of aromatic nitrogens is 1. The van der Waals surface area contributed by atoms with E-state index in [9.17, 15) is 0 Å². The molecule has 0 saturated carbocycles. The van der Waals surface area contributed by atoms with E-state index in [1.165, 1.54) is 37.8 Å². The number of thiazole rings is 1. The van der Waals surface area contributed by atoms with Gasteiger partial charge in [0.25, 0.3) is 4.83 Å². The van der Waals surface area contributed by atoms with Crippen molar-refractivity contribution in [3.63, 3.8) is 0 Å². The van der Waals surface area contributed by atoms with E-state index in [4.69, 9.17) is 4.74 Å². The van der Waals surface area contributed by atoms with E-state index >= 15 is 0 Å². The van der Waals surface area contributed by atoms with Gasteiger partial charge in [0.2, 0.25) is 5.03 Å². The summed E-state index contributed by atoms with van der Waals surface area (Å²) in [6, 6.07) is 8.84. The van der Waals surface area contributed by atoms with Crippen LogP contribution in [-0.2, 0) is 12.8 Å². The molecule has 4 rings (SSSR count). The summed E-state index contributed by atoms with van der Waals surface area (Å²) in [6.07, 6.45) is 4.37. The van der Waals surface area contributed by atoms with E-state index < -0.39 is 0 Å². The van der Waals surface area contributed by atoms with E-state index in [0.717, 1.165) is 18.6 Å². The molecule has 0 radical (unpaired) electrons. The molecule has 0 atom stereocenters. The largest absolute Gasteiger partial charge is 0.497 e. The number of aryl methyl sites for hydroxylation is 2. The number of ether oxygens (including phenoxy) is 1. The first-order valence-corrected chi connectivity index (χ1v) is 9.50. The Morgan fingerprint density at radius 1 is 1.18 bits per heavy atom. The van der Waals surface area contributed by atoms with E-state index in [2.05, 4.69) is 47.2 Å². The fraction of sp³-hybridized carbons (Fsp3) is 0.278. The average molecular weight is 328 g/mol. The van der Waals surface area contributed by atoms with Crippen molar-refractivity contribution in [3.05, 3.63) is 46.5 Å². The summed E-state index contributed by atoms with van der Waals surface area (Å²) in [7, 11) is 1.74. The number of pyridine rings is 1. The van der Waals surface area contributed by atoms with E-state index in [-0.39, 0.29) is 0 Å². The van der Waals surface area contributed by atoms with Gasteiger partial charge in [-0.1, -0.05) is 29.2 Å². The number of hydrogen-bond donors (Lipinski definition) is 0. The molecule has 0 unspecified atom stereocenters. The van der Waals surface area contributed by atoms with Crippen molar-refractivity contribution in [2.75, 3.05) is 13.4 Å². The number of hydrogen-bond acceptors (Lipinski definition) is 3.